The average molecular weight is 304 g/mol. The first-order valence-corrected chi connectivity index (χ1v) is 6.66. The average Bonchev–Trinajstić information content (AvgIpc) is 2.47. The Kier molecular flexibility index (Phi) is 5.22. The number of halogens is 1. The van der Waals surface area contributed by atoms with E-state index in [2.05, 4.69) is 22.7 Å². The third kappa shape index (κ3) is 5.19. The minimum Gasteiger partial charge on any atom is -0.489 e. The molecule has 21 heavy (non-hydrogen) atoms. The third-order valence-corrected chi connectivity index (χ3v) is 2.71. The largest absolute Gasteiger partial charge is 0.489 e. The highest BCUT2D eigenvalue weighted by molar-refractivity contribution is 7.80. The van der Waals surface area contributed by atoms with Gasteiger partial charge in [0.15, 0.2) is 6.21 Å². The number of benzene rings is 2. The molecule has 0 heterocycles. The van der Waals surface area contributed by atoms with Crippen LogP contribution in [-0.2, 0) is 6.61 Å². The summed E-state index contributed by atoms with van der Waals surface area (Å²) in [5.41, 5.74) is 9.70. The van der Waals surface area contributed by atoms with Gasteiger partial charge in [-0.2, -0.15) is 0 Å². The normalized spacial score (nSPS) is 10.5. The third-order valence-electron chi connectivity index (χ3n) is 2.61. The summed E-state index contributed by atoms with van der Waals surface area (Å²) in [6.45, 7) is 0.377. The lowest BCUT2D eigenvalue weighted by molar-refractivity contribution is -0.499. The molecule has 0 radical (unpaired) electrons. The monoisotopic (exact) mass is 304 g/mol. The van der Waals surface area contributed by atoms with Crippen molar-refractivity contribution in [3.8, 4) is 5.75 Å². The molecule has 0 saturated carbocycles. The molecule has 4 nitrogen and oxygen atoms in total. The summed E-state index contributed by atoms with van der Waals surface area (Å²) in [6, 6.07) is 13.7. The van der Waals surface area contributed by atoms with Crippen molar-refractivity contribution in [2.45, 2.75) is 6.61 Å². The summed E-state index contributed by atoms with van der Waals surface area (Å²) in [5, 5.41) is 2.93. The molecular formula is C15H15FN3OS+. The van der Waals surface area contributed by atoms with Crippen LogP contribution in [0.25, 0.3) is 0 Å². The van der Waals surface area contributed by atoms with Crippen molar-refractivity contribution in [2.75, 3.05) is 0 Å². The Bertz CT molecular complexity index is 644. The molecular weight excluding hydrogens is 289 g/mol. The number of thiocarbonyl (C=S) groups is 1. The molecule has 0 aromatic heterocycles. The summed E-state index contributed by atoms with van der Waals surface area (Å²) in [7, 11) is 0. The van der Waals surface area contributed by atoms with Crippen LogP contribution < -0.4 is 21.0 Å². The Labute approximate surface area is 127 Å². The van der Waals surface area contributed by atoms with Crippen LogP contribution in [0.3, 0.4) is 0 Å². The van der Waals surface area contributed by atoms with Crippen molar-refractivity contribution in [3.05, 3.63) is 65.5 Å². The van der Waals surface area contributed by atoms with Gasteiger partial charge in [0.2, 0.25) is 5.11 Å². The first-order chi connectivity index (χ1) is 10.1. The first-order valence-electron chi connectivity index (χ1n) is 6.25. The molecule has 0 atom stereocenters. The molecule has 0 amide bonds. The van der Waals surface area contributed by atoms with Crippen LogP contribution in [0.1, 0.15) is 11.1 Å². The second-order valence-electron chi connectivity index (χ2n) is 4.27. The minimum absolute atomic E-state index is 0.162. The highest BCUT2D eigenvalue weighted by Crippen LogP contribution is 2.14. The fourth-order valence-electron chi connectivity index (χ4n) is 1.63. The maximum Gasteiger partial charge on any atom is 0.221 e. The maximum absolute atomic E-state index is 12.8. The summed E-state index contributed by atoms with van der Waals surface area (Å²) in [6.07, 6.45) is 1.71. The van der Waals surface area contributed by atoms with Gasteiger partial charge in [0, 0.05) is 5.56 Å². The van der Waals surface area contributed by atoms with Gasteiger partial charge in [-0.05, 0) is 48.1 Å². The van der Waals surface area contributed by atoms with Crippen LogP contribution in [0.2, 0.25) is 0 Å². The summed E-state index contributed by atoms with van der Waals surface area (Å²) >= 11 is 4.67. The second kappa shape index (κ2) is 7.35. The van der Waals surface area contributed by atoms with E-state index in [1.165, 1.54) is 12.1 Å². The number of nitrogens with two attached hydrogens (primary N) is 1. The molecule has 2 aromatic carbocycles. The fourth-order valence-corrected chi connectivity index (χ4v) is 1.69. The first kappa shape index (κ1) is 14.9. The van der Waals surface area contributed by atoms with Gasteiger partial charge in [-0.1, -0.05) is 18.2 Å². The van der Waals surface area contributed by atoms with Gasteiger partial charge in [-0.25, -0.2) is 4.39 Å². The van der Waals surface area contributed by atoms with Crippen LogP contribution in [0.4, 0.5) is 4.39 Å². The van der Waals surface area contributed by atoms with Crippen molar-refractivity contribution in [1.82, 2.24) is 5.43 Å². The number of nitrogens with one attached hydrogen (secondary N) is 2. The van der Waals surface area contributed by atoms with Crippen LogP contribution >= 0.6 is 12.2 Å². The number of rotatable bonds is 5. The number of ether oxygens (including phenoxy) is 1. The smallest absolute Gasteiger partial charge is 0.221 e. The highest BCUT2D eigenvalue weighted by atomic mass is 32.1. The Morgan fingerprint density at radius 3 is 2.76 bits per heavy atom. The van der Waals surface area contributed by atoms with Crippen molar-refractivity contribution in [1.29, 1.82) is 0 Å². The molecule has 2 aromatic rings. The molecule has 0 saturated heterocycles. The minimum atomic E-state index is -0.258. The zero-order valence-corrected chi connectivity index (χ0v) is 12.0. The molecule has 0 fully saturated rings. The predicted molar refractivity (Wildman–Crippen MR) is 83.2 cm³/mol. The molecule has 0 aliphatic carbocycles. The van der Waals surface area contributed by atoms with E-state index in [9.17, 15) is 4.39 Å². The van der Waals surface area contributed by atoms with Crippen LogP contribution in [0, 0.1) is 5.82 Å². The van der Waals surface area contributed by atoms with Crippen LogP contribution in [0.5, 0.6) is 5.75 Å². The zero-order valence-electron chi connectivity index (χ0n) is 11.2. The van der Waals surface area contributed by atoms with E-state index in [1.807, 2.05) is 24.3 Å². The summed E-state index contributed by atoms with van der Waals surface area (Å²) in [5.74, 6) is 0.455. The number of hydrogen-bond donors (Lipinski definition) is 3. The quantitative estimate of drug-likeness (QED) is 0.431. The van der Waals surface area contributed by atoms with Crippen molar-refractivity contribution >= 4 is 23.5 Å². The van der Waals surface area contributed by atoms with Gasteiger partial charge in [0.25, 0.3) is 0 Å². The topological polar surface area (TPSA) is 61.2 Å². The van der Waals surface area contributed by atoms with E-state index >= 15 is 0 Å². The van der Waals surface area contributed by atoms with E-state index in [4.69, 9.17) is 10.5 Å². The van der Waals surface area contributed by atoms with E-state index in [0.717, 1.165) is 11.1 Å². The SMILES string of the molecule is NC(=S)N[NH+]=Cc1cccc(OCc2ccc(F)cc2)c1. The molecule has 0 aliphatic heterocycles. The predicted octanol–water partition coefficient (Wildman–Crippen LogP) is 0.652. The van der Waals surface area contributed by atoms with E-state index in [0.29, 0.717) is 12.4 Å². The Morgan fingerprint density at radius 2 is 2.05 bits per heavy atom. The van der Waals surface area contributed by atoms with Crippen molar-refractivity contribution in [3.63, 3.8) is 0 Å². The summed E-state index contributed by atoms with van der Waals surface area (Å²) < 4.78 is 18.5. The molecule has 0 bridgehead atoms. The summed E-state index contributed by atoms with van der Waals surface area (Å²) in [4.78, 5) is 0. The molecule has 0 spiro atoms. The Morgan fingerprint density at radius 1 is 1.29 bits per heavy atom. The van der Waals surface area contributed by atoms with Gasteiger partial charge in [0.05, 0.1) is 0 Å². The Hall–Kier alpha value is -2.47. The van der Waals surface area contributed by atoms with Crippen molar-refractivity contribution in [2.24, 2.45) is 5.73 Å². The molecule has 108 valence electrons. The lowest BCUT2D eigenvalue weighted by Gasteiger charge is -2.06. The Balaban J connectivity index is 1.96. The molecule has 4 N–H and O–H groups in total. The zero-order chi connectivity index (χ0) is 15.1. The van der Waals surface area contributed by atoms with Gasteiger partial charge >= 0.3 is 0 Å². The lowest BCUT2D eigenvalue weighted by atomic mass is 10.2. The van der Waals surface area contributed by atoms with Gasteiger partial charge < -0.3 is 10.5 Å². The highest BCUT2D eigenvalue weighted by Gasteiger charge is 1.99. The van der Waals surface area contributed by atoms with Crippen LogP contribution in [0.15, 0.2) is 48.5 Å². The lowest BCUT2D eigenvalue weighted by Crippen LogP contribution is -2.82. The van der Waals surface area contributed by atoms with Gasteiger partial charge in [-0.3, -0.25) is 0 Å². The molecule has 0 aliphatic rings. The second-order valence-corrected chi connectivity index (χ2v) is 4.71. The van der Waals surface area contributed by atoms with Crippen molar-refractivity contribution < 1.29 is 14.2 Å². The van der Waals surface area contributed by atoms with E-state index in [1.54, 1.807) is 18.3 Å². The van der Waals surface area contributed by atoms with Gasteiger partial charge in [-0.15, -0.1) is 10.5 Å². The van der Waals surface area contributed by atoms with Gasteiger partial charge in [0.1, 0.15) is 18.2 Å². The molecule has 2 rings (SSSR count). The molecule has 6 heteroatoms. The standard InChI is InChI=1S/C15H14FN3OS/c16-13-6-4-11(5-7-13)10-20-14-3-1-2-12(8-14)9-18-19-15(17)21/h1-9H,10H2,(H3,17,19,21)/p+1. The maximum atomic E-state index is 12.8. The number of hydrazine groups is 1. The van der Waals surface area contributed by atoms with E-state index < -0.39 is 0 Å². The molecule has 0 unspecified atom stereocenters. The van der Waals surface area contributed by atoms with Crippen LogP contribution in [-0.4, -0.2) is 11.3 Å². The number of hydrazone groups is 1. The number of hydrogen-bond acceptors (Lipinski definition) is 2. The van der Waals surface area contributed by atoms with E-state index in [-0.39, 0.29) is 10.9 Å². The fraction of sp³-hybridized carbons (Fsp3) is 0.0667.